The zero-order chi connectivity index (χ0) is 19.8. The Hall–Kier alpha value is -1.90. The number of nitrogens with zero attached hydrogens (tertiary/aromatic N) is 2. The normalized spacial score (nSPS) is 13.7. The molecule has 2 amide bonds. The van der Waals surface area contributed by atoms with Crippen LogP contribution in [0.1, 0.15) is 41.9 Å². The van der Waals surface area contributed by atoms with Gasteiger partial charge in [-0.2, -0.15) is 0 Å². The van der Waals surface area contributed by atoms with Gasteiger partial charge in [0.1, 0.15) is 0 Å². The summed E-state index contributed by atoms with van der Waals surface area (Å²) in [4.78, 5) is 24.2. The molecule has 0 bridgehead atoms. The van der Waals surface area contributed by atoms with Crippen LogP contribution in [0.15, 0.2) is 40.3 Å². The number of amides is 2. The first kappa shape index (κ1) is 20.8. The van der Waals surface area contributed by atoms with Gasteiger partial charge in [0.25, 0.3) is 5.91 Å². The van der Waals surface area contributed by atoms with Crippen molar-refractivity contribution in [2.24, 2.45) is 0 Å². The van der Waals surface area contributed by atoms with E-state index in [0.717, 1.165) is 30.6 Å². The molecule has 1 aliphatic rings. The lowest BCUT2D eigenvalue weighted by molar-refractivity contribution is -0.118. The second-order valence-corrected chi connectivity index (χ2v) is 8.97. The van der Waals surface area contributed by atoms with Gasteiger partial charge in [-0.25, -0.2) is 0 Å². The van der Waals surface area contributed by atoms with Crippen LogP contribution in [0.5, 0.6) is 0 Å². The van der Waals surface area contributed by atoms with Crippen molar-refractivity contribution < 1.29 is 9.59 Å². The van der Waals surface area contributed by atoms with Crippen molar-refractivity contribution >= 4 is 52.2 Å². The zero-order valence-electron chi connectivity index (χ0n) is 15.2. The summed E-state index contributed by atoms with van der Waals surface area (Å²) in [6, 6.07) is 6.88. The SMILES string of the molecule is O=C(CSc1nnc(C(=O)Nc2cccc(Cl)c2)s1)NCCC1=CCCCC1. The number of aromatic nitrogens is 2. The summed E-state index contributed by atoms with van der Waals surface area (Å²) in [5.41, 5.74) is 2.04. The molecule has 0 aliphatic heterocycles. The maximum Gasteiger partial charge on any atom is 0.286 e. The predicted octanol–water partition coefficient (Wildman–Crippen LogP) is 4.54. The van der Waals surface area contributed by atoms with Gasteiger partial charge < -0.3 is 10.6 Å². The molecule has 0 spiro atoms. The van der Waals surface area contributed by atoms with Crippen LogP contribution in [0.2, 0.25) is 5.02 Å². The molecule has 0 unspecified atom stereocenters. The lowest BCUT2D eigenvalue weighted by Crippen LogP contribution is -2.26. The largest absolute Gasteiger partial charge is 0.355 e. The number of nitrogens with one attached hydrogen (secondary N) is 2. The van der Waals surface area contributed by atoms with Crippen molar-refractivity contribution in [2.45, 2.75) is 36.4 Å². The predicted molar refractivity (Wildman–Crippen MR) is 114 cm³/mol. The minimum atomic E-state index is -0.350. The Morgan fingerprint density at radius 2 is 2.14 bits per heavy atom. The van der Waals surface area contributed by atoms with Gasteiger partial charge in [0.15, 0.2) is 4.34 Å². The van der Waals surface area contributed by atoms with Crippen molar-refractivity contribution in [3.8, 4) is 0 Å². The van der Waals surface area contributed by atoms with E-state index >= 15 is 0 Å². The third-order valence-electron chi connectivity index (χ3n) is 4.16. The van der Waals surface area contributed by atoms with E-state index < -0.39 is 0 Å². The summed E-state index contributed by atoms with van der Waals surface area (Å²) in [5, 5.41) is 14.3. The van der Waals surface area contributed by atoms with Crippen LogP contribution in [0.4, 0.5) is 5.69 Å². The van der Waals surface area contributed by atoms with Crippen molar-refractivity contribution in [3.63, 3.8) is 0 Å². The molecule has 0 radical (unpaired) electrons. The highest BCUT2D eigenvalue weighted by molar-refractivity contribution is 8.01. The van der Waals surface area contributed by atoms with E-state index in [0.29, 0.717) is 21.6 Å². The third-order valence-corrected chi connectivity index (χ3v) is 6.45. The molecule has 0 saturated carbocycles. The molecule has 3 rings (SSSR count). The van der Waals surface area contributed by atoms with Gasteiger partial charge >= 0.3 is 0 Å². The van der Waals surface area contributed by atoms with Crippen LogP contribution in [-0.4, -0.2) is 34.3 Å². The summed E-state index contributed by atoms with van der Waals surface area (Å²) < 4.78 is 0.585. The first-order valence-electron chi connectivity index (χ1n) is 9.08. The van der Waals surface area contributed by atoms with E-state index in [9.17, 15) is 9.59 Å². The molecule has 6 nitrogen and oxygen atoms in total. The lowest BCUT2D eigenvalue weighted by atomic mass is 9.97. The number of thioether (sulfide) groups is 1. The molecule has 2 aromatic rings. The first-order chi connectivity index (χ1) is 13.6. The molecule has 0 saturated heterocycles. The summed E-state index contributed by atoms with van der Waals surface area (Å²) >= 11 is 8.35. The van der Waals surface area contributed by atoms with Gasteiger partial charge in [-0.15, -0.1) is 10.2 Å². The van der Waals surface area contributed by atoms with Gasteiger partial charge in [0.05, 0.1) is 5.75 Å². The van der Waals surface area contributed by atoms with Crippen molar-refractivity contribution in [2.75, 3.05) is 17.6 Å². The fraction of sp³-hybridized carbons (Fsp3) is 0.368. The van der Waals surface area contributed by atoms with E-state index in [1.165, 1.54) is 30.2 Å². The van der Waals surface area contributed by atoms with Crippen LogP contribution in [0, 0.1) is 0 Å². The number of carbonyl (C=O) groups excluding carboxylic acids is 2. The van der Waals surface area contributed by atoms with Gasteiger partial charge in [0, 0.05) is 17.3 Å². The van der Waals surface area contributed by atoms with E-state index in [-0.39, 0.29) is 22.6 Å². The van der Waals surface area contributed by atoms with Gasteiger partial charge in [0.2, 0.25) is 10.9 Å². The number of carbonyl (C=O) groups is 2. The van der Waals surface area contributed by atoms with E-state index in [4.69, 9.17) is 11.6 Å². The van der Waals surface area contributed by atoms with Crippen molar-refractivity contribution in [1.82, 2.24) is 15.5 Å². The highest BCUT2D eigenvalue weighted by Crippen LogP contribution is 2.23. The fourth-order valence-corrected chi connectivity index (χ4v) is 4.55. The van der Waals surface area contributed by atoms with E-state index in [2.05, 4.69) is 26.9 Å². The standard InChI is InChI=1S/C19H21ClN4O2S2/c20-14-7-4-8-15(11-14)22-17(26)18-23-24-19(28-18)27-12-16(25)21-10-9-13-5-2-1-3-6-13/h4-5,7-8,11H,1-3,6,9-10,12H2,(H,21,25)(H,22,26). The Morgan fingerprint density at radius 3 is 2.93 bits per heavy atom. The molecule has 9 heteroatoms. The fourth-order valence-electron chi connectivity index (χ4n) is 2.78. The van der Waals surface area contributed by atoms with Crippen LogP contribution in [0.25, 0.3) is 0 Å². The maximum atomic E-state index is 12.2. The molecule has 0 fully saturated rings. The van der Waals surface area contributed by atoms with Crippen molar-refractivity contribution in [1.29, 1.82) is 0 Å². The summed E-state index contributed by atoms with van der Waals surface area (Å²) in [5.74, 6) is -0.137. The molecule has 2 N–H and O–H groups in total. The summed E-state index contributed by atoms with van der Waals surface area (Å²) in [6.45, 7) is 0.661. The number of hydrogen-bond acceptors (Lipinski definition) is 6. The van der Waals surface area contributed by atoms with Crippen molar-refractivity contribution in [3.05, 3.63) is 45.9 Å². The molecule has 1 aliphatic carbocycles. The number of halogens is 1. The third kappa shape index (κ3) is 6.61. The first-order valence-corrected chi connectivity index (χ1v) is 11.3. The monoisotopic (exact) mass is 436 g/mol. The number of benzene rings is 1. The Morgan fingerprint density at radius 1 is 1.25 bits per heavy atom. The molecule has 1 aromatic carbocycles. The minimum absolute atomic E-state index is 0.0402. The van der Waals surface area contributed by atoms with E-state index in [1.54, 1.807) is 24.3 Å². The number of allylic oxidation sites excluding steroid dienone is 1. The van der Waals surface area contributed by atoms with Crippen LogP contribution in [0.3, 0.4) is 0 Å². The van der Waals surface area contributed by atoms with Gasteiger partial charge in [-0.3, -0.25) is 9.59 Å². The van der Waals surface area contributed by atoms with Crippen LogP contribution < -0.4 is 10.6 Å². The molecule has 1 heterocycles. The smallest absolute Gasteiger partial charge is 0.286 e. The minimum Gasteiger partial charge on any atom is -0.355 e. The molecular formula is C19H21ClN4O2S2. The van der Waals surface area contributed by atoms with Gasteiger partial charge in [-0.05, 0) is 50.3 Å². The Labute approximate surface area is 177 Å². The number of hydrogen-bond donors (Lipinski definition) is 2. The van der Waals surface area contributed by atoms with Crippen LogP contribution >= 0.6 is 34.7 Å². The molecule has 148 valence electrons. The number of anilines is 1. The average molecular weight is 437 g/mol. The molecule has 1 aromatic heterocycles. The Bertz CT molecular complexity index is 869. The average Bonchev–Trinajstić information content (AvgIpc) is 3.16. The summed E-state index contributed by atoms with van der Waals surface area (Å²) in [7, 11) is 0. The van der Waals surface area contributed by atoms with E-state index in [1.807, 2.05) is 0 Å². The quantitative estimate of drug-likeness (QED) is 0.468. The zero-order valence-corrected chi connectivity index (χ0v) is 17.6. The van der Waals surface area contributed by atoms with Gasteiger partial charge in [-0.1, -0.05) is 52.4 Å². The highest BCUT2D eigenvalue weighted by atomic mass is 35.5. The maximum absolute atomic E-state index is 12.2. The lowest BCUT2D eigenvalue weighted by Gasteiger charge is -2.12. The second kappa shape index (κ2) is 10.6. The topological polar surface area (TPSA) is 84.0 Å². The van der Waals surface area contributed by atoms with Crippen LogP contribution in [-0.2, 0) is 4.79 Å². The summed E-state index contributed by atoms with van der Waals surface area (Å²) in [6.07, 6.45) is 8.04. The molecule has 28 heavy (non-hydrogen) atoms. The highest BCUT2D eigenvalue weighted by Gasteiger charge is 2.14. The molecular weight excluding hydrogens is 416 g/mol. The second-order valence-electron chi connectivity index (χ2n) is 6.33. The Balaban J connectivity index is 1.40. The number of rotatable bonds is 8. The molecule has 0 atom stereocenters. The Kier molecular flexibility index (Phi) is 7.88.